The molecule has 1 fully saturated rings. The Morgan fingerprint density at radius 1 is 0.795 bits per heavy atom. The van der Waals surface area contributed by atoms with Crippen LogP contribution in [0.4, 0.5) is 0 Å². The lowest BCUT2D eigenvalue weighted by Gasteiger charge is -2.25. The number of aryl methyl sites for hydroxylation is 1. The molecule has 1 aliphatic rings. The van der Waals surface area contributed by atoms with Crippen LogP contribution in [0.25, 0.3) is 0 Å². The summed E-state index contributed by atoms with van der Waals surface area (Å²) < 4.78 is 55.3. The third-order valence-corrected chi connectivity index (χ3v) is 10.3. The van der Waals surface area contributed by atoms with Crippen molar-refractivity contribution >= 4 is 26.0 Å². The topological polar surface area (TPSA) is 113 Å². The molecule has 0 aromatic heterocycles. The maximum atomic E-state index is 12.8. The van der Waals surface area contributed by atoms with Gasteiger partial charge in [0.25, 0.3) is 0 Å². The van der Waals surface area contributed by atoms with E-state index in [4.69, 9.17) is 0 Å². The number of nitrogens with one attached hydrogen (secondary N) is 2. The SMILES string of the molecule is CC(NS(=O)(=O)c1ccc(CCC(=O)NCc2ccc(S(=O)(=O)N3CCCCC3)cc2)cc1)c1ccccc1. The van der Waals surface area contributed by atoms with Crippen LogP contribution in [0.15, 0.2) is 88.7 Å². The van der Waals surface area contributed by atoms with Gasteiger partial charge < -0.3 is 5.32 Å². The quantitative estimate of drug-likeness (QED) is 0.360. The van der Waals surface area contributed by atoms with Crippen molar-refractivity contribution in [3.63, 3.8) is 0 Å². The predicted molar refractivity (Wildman–Crippen MR) is 151 cm³/mol. The van der Waals surface area contributed by atoms with Gasteiger partial charge in [-0.05, 0) is 67.1 Å². The molecule has 0 spiro atoms. The fourth-order valence-electron chi connectivity index (χ4n) is 4.53. The zero-order valence-corrected chi connectivity index (χ0v) is 23.7. The number of rotatable bonds is 11. The molecule has 0 radical (unpaired) electrons. The number of hydrogen-bond donors (Lipinski definition) is 2. The molecule has 4 rings (SSSR count). The molecule has 1 heterocycles. The number of carbonyl (C=O) groups excluding carboxylic acids is 1. The van der Waals surface area contributed by atoms with Gasteiger partial charge >= 0.3 is 0 Å². The molecule has 2 N–H and O–H groups in total. The lowest BCUT2D eigenvalue weighted by molar-refractivity contribution is -0.121. The van der Waals surface area contributed by atoms with Crippen molar-refractivity contribution in [2.75, 3.05) is 13.1 Å². The van der Waals surface area contributed by atoms with Crippen molar-refractivity contribution in [2.45, 2.75) is 61.4 Å². The first-order chi connectivity index (χ1) is 18.6. The van der Waals surface area contributed by atoms with E-state index in [0.717, 1.165) is 36.0 Å². The van der Waals surface area contributed by atoms with E-state index in [1.165, 1.54) is 4.31 Å². The van der Waals surface area contributed by atoms with E-state index in [1.54, 1.807) is 55.5 Å². The van der Waals surface area contributed by atoms with Crippen molar-refractivity contribution in [1.29, 1.82) is 0 Å². The second-order valence-electron chi connectivity index (χ2n) is 9.78. The van der Waals surface area contributed by atoms with Crippen molar-refractivity contribution in [3.8, 4) is 0 Å². The Morgan fingerprint density at radius 2 is 1.38 bits per heavy atom. The summed E-state index contributed by atoms with van der Waals surface area (Å²) in [5.74, 6) is -0.143. The molecule has 1 atom stereocenters. The second kappa shape index (κ2) is 12.9. The Bertz CT molecular complexity index is 1450. The predicted octanol–water partition coefficient (Wildman–Crippen LogP) is 4.15. The first kappa shape index (κ1) is 28.9. The monoisotopic (exact) mass is 569 g/mol. The van der Waals surface area contributed by atoms with Crippen LogP contribution in [0.5, 0.6) is 0 Å². The number of amides is 1. The first-order valence-electron chi connectivity index (χ1n) is 13.2. The van der Waals surface area contributed by atoms with E-state index in [9.17, 15) is 21.6 Å². The Balaban J connectivity index is 1.24. The van der Waals surface area contributed by atoms with E-state index in [0.29, 0.717) is 26.1 Å². The van der Waals surface area contributed by atoms with Crippen LogP contribution in [0.1, 0.15) is 55.3 Å². The zero-order valence-electron chi connectivity index (χ0n) is 22.0. The fraction of sp³-hybridized carbons (Fsp3) is 0.345. The number of carbonyl (C=O) groups is 1. The summed E-state index contributed by atoms with van der Waals surface area (Å²) in [5.41, 5.74) is 2.54. The standard InChI is InChI=1S/C29H35N3O5S2/c1-23(26-8-4-2-5-9-26)31-38(34,35)27-15-10-24(11-16-27)14-19-29(33)30-22-25-12-17-28(18-13-25)39(36,37)32-20-6-3-7-21-32/h2,4-5,8-13,15-18,23,31H,3,6-7,14,19-22H2,1H3,(H,30,33). The molecule has 0 saturated carbocycles. The van der Waals surface area contributed by atoms with Gasteiger partial charge in [0.15, 0.2) is 0 Å². The van der Waals surface area contributed by atoms with Gasteiger partial charge in [-0.2, -0.15) is 4.31 Å². The van der Waals surface area contributed by atoms with Gasteiger partial charge in [-0.25, -0.2) is 21.6 Å². The summed E-state index contributed by atoms with van der Waals surface area (Å²) in [6, 6.07) is 22.2. The molecular formula is C29H35N3O5S2. The van der Waals surface area contributed by atoms with Crippen LogP contribution in [0.3, 0.4) is 0 Å². The highest BCUT2D eigenvalue weighted by Crippen LogP contribution is 2.21. The van der Waals surface area contributed by atoms with Gasteiger partial charge in [0.2, 0.25) is 26.0 Å². The van der Waals surface area contributed by atoms with Gasteiger partial charge in [0.1, 0.15) is 0 Å². The van der Waals surface area contributed by atoms with Crippen LogP contribution in [0.2, 0.25) is 0 Å². The van der Waals surface area contributed by atoms with Crippen molar-refractivity contribution in [1.82, 2.24) is 14.3 Å². The van der Waals surface area contributed by atoms with Crippen LogP contribution in [-0.4, -0.2) is 40.1 Å². The van der Waals surface area contributed by atoms with Crippen LogP contribution >= 0.6 is 0 Å². The maximum absolute atomic E-state index is 12.8. The molecule has 3 aromatic carbocycles. The minimum Gasteiger partial charge on any atom is -0.352 e. The second-order valence-corrected chi connectivity index (χ2v) is 13.4. The van der Waals surface area contributed by atoms with E-state index in [1.807, 2.05) is 30.3 Å². The summed E-state index contributed by atoms with van der Waals surface area (Å²) in [6.07, 6.45) is 3.55. The highest BCUT2D eigenvalue weighted by molar-refractivity contribution is 7.89. The molecule has 10 heteroatoms. The number of piperidine rings is 1. The van der Waals surface area contributed by atoms with Gasteiger partial charge in [-0.3, -0.25) is 4.79 Å². The molecule has 208 valence electrons. The third kappa shape index (κ3) is 7.76. The van der Waals surface area contributed by atoms with E-state index >= 15 is 0 Å². The van der Waals surface area contributed by atoms with Crippen LogP contribution < -0.4 is 10.0 Å². The third-order valence-electron chi connectivity index (χ3n) is 6.87. The Labute approximate surface area is 231 Å². The summed E-state index contributed by atoms with van der Waals surface area (Å²) in [5, 5.41) is 2.86. The Morgan fingerprint density at radius 3 is 2.03 bits per heavy atom. The molecule has 8 nitrogen and oxygen atoms in total. The highest BCUT2D eigenvalue weighted by Gasteiger charge is 2.25. The minimum absolute atomic E-state index is 0.143. The fourth-order valence-corrected chi connectivity index (χ4v) is 7.28. The summed E-state index contributed by atoms with van der Waals surface area (Å²) in [6.45, 7) is 3.21. The van der Waals surface area contributed by atoms with E-state index in [2.05, 4.69) is 10.0 Å². The molecule has 0 aliphatic carbocycles. The number of hydrogen-bond acceptors (Lipinski definition) is 5. The number of nitrogens with zero attached hydrogens (tertiary/aromatic N) is 1. The van der Waals surface area contributed by atoms with Crippen LogP contribution in [-0.2, 0) is 37.8 Å². The van der Waals surface area contributed by atoms with Crippen molar-refractivity contribution in [2.24, 2.45) is 0 Å². The molecule has 0 bridgehead atoms. The Hall–Kier alpha value is -3.05. The lowest BCUT2D eigenvalue weighted by Crippen LogP contribution is -2.35. The summed E-state index contributed by atoms with van der Waals surface area (Å²) >= 11 is 0. The number of benzene rings is 3. The molecule has 1 aliphatic heterocycles. The smallest absolute Gasteiger partial charge is 0.243 e. The minimum atomic E-state index is -3.68. The van der Waals surface area contributed by atoms with Crippen molar-refractivity contribution < 1.29 is 21.6 Å². The average Bonchev–Trinajstić information content (AvgIpc) is 2.96. The van der Waals surface area contributed by atoms with Gasteiger partial charge in [0, 0.05) is 32.1 Å². The highest BCUT2D eigenvalue weighted by atomic mass is 32.2. The molecule has 1 unspecified atom stereocenters. The summed E-state index contributed by atoms with van der Waals surface area (Å²) in [4.78, 5) is 12.8. The average molecular weight is 570 g/mol. The normalized spacial score (nSPS) is 15.5. The Kier molecular flexibility index (Phi) is 9.55. The summed E-state index contributed by atoms with van der Waals surface area (Å²) in [7, 11) is -7.16. The molecule has 39 heavy (non-hydrogen) atoms. The van der Waals surface area contributed by atoms with Crippen molar-refractivity contribution in [3.05, 3.63) is 95.6 Å². The van der Waals surface area contributed by atoms with Gasteiger partial charge in [0.05, 0.1) is 9.79 Å². The largest absolute Gasteiger partial charge is 0.352 e. The zero-order chi connectivity index (χ0) is 27.9. The lowest BCUT2D eigenvalue weighted by atomic mass is 10.1. The maximum Gasteiger partial charge on any atom is 0.243 e. The molecule has 1 amide bonds. The van der Waals surface area contributed by atoms with E-state index < -0.39 is 20.0 Å². The van der Waals surface area contributed by atoms with Gasteiger partial charge in [-0.15, -0.1) is 0 Å². The van der Waals surface area contributed by atoms with E-state index in [-0.39, 0.29) is 28.2 Å². The molecule has 1 saturated heterocycles. The van der Waals surface area contributed by atoms with Crippen LogP contribution in [0, 0.1) is 0 Å². The molecule has 3 aromatic rings. The molecular weight excluding hydrogens is 534 g/mol. The first-order valence-corrected chi connectivity index (χ1v) is 16.1. The number of sulfonamides is 2. The van der Waals surface area contributed by atoms with Gasteiger partial charge in [-0.1, -0.05) is 61.0 Å².